The molecule has 9 heteroatoms. The van der Waals surface area contributed by atoms with Gasteiger partial charge in [-0.25, -0.2) is 4.39 Å². The van der Waals surface area contributed by atoms with Crippen LogP contribution in [-0.2, 0) is 4.79 Å². The van der Waals surface area contributed by atoms with Crippen molar-refractivity contribution >= 4 is 34.7 Å². The molecular formula is C22H19FN4O3S. The maximum Gasteiger partial charge on any atom is 0.257 e. The van der Waals surface area contributed by atoms with E-state index < -0.39 is 11.9 Å². The van der Waals surface area contributed by atoms with Crippen molar-refractivity contribution < 1.29 is 18.8 Å². The van der Waals surface area contributed by atoms with Gasteiger partial charge in [0.2, 0.25) is 0 Å². The summed E-state index contributed by atoms with van der Waals surface area (Å²) in [5.41, 5.74) is 2.32. The number of anilines is 2. The van der Waals surface area contributed by atoms with Crippen LogP contribution < -0.4 is 15.5 Å². The van der Waals surface area contributed by atoms with E-state index in [1.807, 2.05) is 0 Å². The van der Waals surface area contributed by atoms with Crippen LogP contribution in [0.4, 0.5) is 15.9 Å². The average molecular weight is 438 g/mol. The van der Waals surface area contributed by atoms with Crippen molar-refractivity contribution in [2.75, 3.05) is 10.2 Å². The summed E-state index contributed by atoms with van der Waals surface area (Å²) >= 11 is 5.57. The first-order chi connectivity index (χ1) is 14.8. The number of amides is 1. The topological polar surface area (TPSA) is 90.6 Å². The molecule has 1 atom stereocenters. The fourth-order valence-electron chi connectivity index (χ4n) is 3.46. The van der Waals surface area contributed by atoms with Gasteiger partial charge in [0.25, 0.3) is 5.91 Å². The Labute approximate surface area is 183 Å². The van der Waals surface area contributed by atoms with Crippen molar-refractivity contribution in [2.45, 2.75) is 19.9 Å². The Balaban J connectivity index is 1.80. The third-order valence-electron chi connectivity index (χ3n) is 4.91. The Morgan fingerprint density at radius 3 is 2.48 bits per heavy atom. The average Bonchev–Trinajstić information content (AvgIpc) is 3.14. The summed E-state index contributed by atoms with van der Waals surface area (Å²) < 4.78 is 18.5. The van der Waals surface area contributed by atoms with Crippen LogP contribution in [0.25, 0.3) is 0 Å². The molecule has 0 fully saturated rings. The molecule has 3 N–H and O–H groups in total. The lowest BCUT2D eigenvalue weighted by Gasteiger charge is -2.37. The normalized spacial score (nSPS) is 16.3. The molecule has 0 aliphatic carbocycles. The van der Waals surface area contributed by atoms with Gasteiger partial charge in [0.15, 0.2) is 10.9 Å². The lowest BCUT2D eigenvalue weighted by molar-refractivity contribution is -0.113. The number of aromatic hydroxyl groups is 1. The number of hydrogen-bond donors (Lipinski definition) is 3. The van der Waals surface area contributed by atoms with Gasteiger partial charge in [0.1, 0.15) is 17.3 Å². The highest BCUT2D eigenvalue weighted by atomic mass is 32.1. The number of benzene rings is 2. The van der Waals surface area contributed by atoms with Crippen LogP contribution in [0.5, 0.6) is 5.75 Å². The molecule has 0 spiro atoms. The van der Waals surface area contributed by atoms with Crippen LogP contribution in [-0.4, -0.2) is 21.3 Å². The largest absolute Gasteiger partial charge is 0.508 e. The number of phenols is 1. The molecule has 1 aliphatic heterocycles. The Bertz CT molecular complexity index is 1170. The highest BCUT2D eigenvalue weighted by Crippen LogP contribution is 2.34. The molecule has 0 saturated carbocycles. The summed E-state index contributed by atoms with van der Waals surface area (Å²) in [6.07, 6.45) is 0. The number of phenolic OH excluding ortho intramolecular Hbond substituents is 1. The summed E-state index contributed by atoms with van der Waals surface area (Å²) in [5, 5.41) is 19.8. The van der Waals surface area contributed by atoms with Crippen molar-refractivity contribution in [1.29, 1.82) is 0 Å². The number of aryl methyl sites for hydroxylation is 1. The lowest BCUT2D eigenvalue weighted by Crippen LogP contribution is -2.48. The molecule has 1 aliphatic rings. The molecule has 2 heterocycles. The van der Waals surface area contributed by atoms with Gasteiger partial charge < -0.3 is 20.3 Å². The number of allylic oxidation sites excluding steroid dienone is 1. The first-order valence-corrected chi connectivity index (χ1v) is 9.85. The predicted molar refractivity (Wildman–Crippen MR) is 118 cm³/mol. The molecule has 7 nitrogen and oxygen atoms in total. The quantitative estimate of drug-likeness (QED) is 0.527. The van der Waals surface area contributed by atoms with E-state index >= 15 is 0 Å². The van der Waals surface area contributed by atoms with E-state index in [4.69, 9.17) is 16.7 Å². The predicted octanol–water partition coefficient (Wildman–Crippen LogP) is 4.18. The summed E-state index contributed by atoms with van der Waals surface area (Å²) in [6, 6.07) is 13.4. The third-order valence-corrected chi connectivity index (χ3v) is 5.21. The second-order valence-corrected chi connectivity index (χ2v) is 7.45. The number of nitrogens with zero attached hydrogens (tertiary/aromatic N) is 2. The number of nitrogens with one attached hydrogen (secondary N) is 2. The van der Waals surface area contributed by atoms with Crippen LogP contribution in [0.3, 0.4) is 0 Å². The van der Waals surface area contributed by atoms with Crippen LogP contribution in [0.2, 0.25) is 0 Å². The maximum absolute atomic E-state index is 13.4. The van der Waals surface area contributed by atoms with E-state index in [0.717, 1.165) is 5.56 Å². The molecule has 158 valence electrons. The van der Waals surface area contributed by atoms with Gasteiger partial charge in [0, 0.05) is 17.5 Å². The maximum atomic E-state index is 13.4. The van der Waals surface area contributed by atoms with E-state index in [1.54, 1.807) is 49.1 Å². The van der Waals surface area contributed by atoms with E-state index in [2.05, 4.69) is 15.8 Å². The number of rotatable bonds is 4. The van der Waals surface area contributed by atoms with Gasteiger partial charge >= 0.3 is 0 Å². The molecule has 0 radical (unpaired) electrons. The lowest BCUT2D eigenvalue weighted by atomic mass is 9.94. The third kappa shape index (κ3) is 4.13. The van der Waals surface area contributed by atoms with Gasteiger partial charge in [-0.1, -0.05) is 17.3 Å². The van der Waals surface area contributed by atoms with E-state index in [1.165, 1.54) is 24.3 Å². The second-order valence-electron chi connectivity index (χ2n) is 7.06. The number of thiocarbonyl (C=S) groups is 1. The minimum Gasteiger partial charge on any atom is -0.508 e. The molecule has 1 aromatic heterocycles. The van der Waals surface area contributed by atoms with Crippen molar-refractivity contribution in [3.63, 3.8) is 0 Å². The van der Waals surface area contributed by atoms with Gasteiger partial charge in [-0.05, 0) is 68.0 Å². The Kier molecular flexibility index (Phi) is 5.43. The molecule has 0 bridgehead atoms. The van der Waals surface area contributed by atoms with Crippen LogP contribution in [0.1, 0.15) is 24.3 Å². The first-order valence-electron chi connectivity index (χ1n) is 9.44. The Morgan fingerprint density at radius 2 is 1.87 bits per heavy atom. The van der Waals surface area contributed by atoms with Gasteiger partial charge in [0.05, 0.1) is 11.6 Å². The number of aromatic nitrogens is 1. The fraction of sp³-hybridized carbons (Fsp3) is 0.136. The smallest absolute Gasteiger partial charge is 0.257 e. The molecule has 4 rings (SSSR count). The second kappa shape index (κ2) is 8.19. The molecule has 2 aromatic carbocycles. The van der Waals surface area contributed by atoms with E-state index in [9.17, 15) is 14.3 Å². The standard InChI is InChI=1S/C22H19FN4O3S/c1-12-11-18(26-30-12)24-21(29)19-13(2)27(16-7-5-15(23)6-8-16)22(31)25-20(19)14-3-9-17(28)10-4-14/h3-11,20,28H,1-2H3,(H,25,31)(H,24,26,29). The molecule has 0 saturated heterocycles. The first kappa shape index (κ1) is 20.5. The molecule has 31 heavy (non-hydrogen) atoms. The van der Waals surface area contributed by atoms with Crippen LogP contribution in [0.15, 0.2) is 70.4 Å². The summed E-state index contributed by atoms with van der Waals surface area (Å²) in [6.45, 7) is 3.50. The summed E-state index contributed by atoms with van der Waals surface area (Å²) in [4.78, 5) is 15.0. The minimum absolute atomic E-state index is 0.111. The van der Waals surface area contributed by atoms with Crippen molar-refractivity contribution in [2.24, 2.45) is 0 Å². The highest BCUT2D eigenvalue weighted by molar-refractivity contribution is 7.80. The Morgan fingerprint density at radius 1 is 1.19 bits per heavy atom. The number of halogens is 1. The number of carbonyl (C=O) groups is 1. The number of carbonyl (C=O) groups excluding carboxylic acids is 1. The molecule has 1 amide bonds. The van der Waals surface area contributed by atoms with Gasteiger partial charge in [-0.15, -0.1) is 0 Å². The van der Waals surface area contributed by atoms with Crippen molar-refractivity contribution in [3.05, 3.63) is 83.0 Å². The van der Waals surface area contributed by atoms with Crippen LogP contribution in [0, 0.1) is 12.7 Å². The van der Waals surface area contributed by atoms with E-state index in [0.29, 0.717) is 27.8 Å². The highest BCUT2D eigenvalue weighted by Gasteiger charge is 2.35. The zero-order valence-electron chi connectivity index (χ0n) is 16.7. The van der Waals surface area contributed by atoms with Crippen molar-refractivity contribution in [1.82, 2.24) is 10.5 Å². The fourth-order valence-corrected chi connectivity index (χ4v) is 3.82. The molecular weight excluding hydrogens is 419 g/mol. The number of hydrogen-bond acceptors (Lipinski definition) is 5. The SMILES string of the molecule is CC1=C(C(=O)Nc2cc(C)on2)C(c2ccc(O)cc2)NC(=S)N1c1ccc(F)cc1. The van der Waals surface area contributed by atoms with Crippen LogP contribution >= 0.6 is 12.2 Å². The summed E-state index contributed by atoms with van der Waals surface area (Å²) in [5.74, 6) is 0.189. The Hall–Kier alpha value is -3.72. The monoisotopic (exact) mass is 438 g/mol. The van der Waals surface area contributed by atoms with Crippen molar-refractivity contribution in [3.8, 4) is 5.75 Å². The minimum atomic E-state index is -0.571. The molecule has 3 aromatic rings. The summed E-state index contributed by atoms with van der Waals surface area (Å²) in [7, 11) is 0. The van der Waals surface area contributed by atoms with E-state index in [-0.39, 0.29) is 17.4 Å². The molecule has 1 unspecified atom stereocenters. The zero-order valence-corrected chi connectivity index (χ0v) is 17.5. The zero-order chi connectivity index (χ0) is 22.1. The van der Waals surface area contributed by atoms with Gasteiger partial charge in [-0.2, -0.15) is 0 Å². The van der Waals surface area contributed by atoms with Gasteiger partial charge in [-0.3, -0.25) is 9.69 Å².